The molecular formula is C24H24FN3O3S. The highest BCUT2D eigenvalue weighted by atomic mass is 32.2. The molecule has 1 amide bonds. The molecule has 1 aromatic heterocycles. The average Bonchev–Trinajstić information content (AvgIpc) is 3.35. The molecule has 2 aliphatic heterocycles. The first-order chi connectivity index (χ1) is 15.3. The molecule has 0 radical (unpaired) electrons. The van der Waals surface area contributed by atoms with Crippen LogP contribution in [0.2, 0.25) is 0 Å². The fourth-order valence-corrected chi connectivity index (χ4v) is 6.04. The summed E-state index contributed by atoms with van der Waals surface area (Å²) in [4.78, 5) is 15.8. The molecule has 0 saturated heterocycles. The molecule has 0 aliphatic carbocycles. The fourth-order valence-electron chi connectivity index (χ4n) is 4.62. The molecule has 5 rings (SSSR count). The van der Waals surface area contributed by atoms with Crippen LogP contribution >= 0.6 is 0 Å². The van der Waals surface area contributed by atoms with E-state index >= 15 is 0 Å². The normalized spacial score (nSPS) is 17.0. The quantitative estimate of drug-likeness (QED) is 0.608. The summed E-state index contributed by atoms with van der Waals surface area (Å²) in [5.74, 6) is -0.460. The number of anilines is 1. The van der Waals surface area contributed by atoms with Crippen molar-refractivity contribution in [2.45, 2.75) is 24.7 Å². The van der Waals surface area contributed by atoms with E-state index in [1.54, 1.807) is 29.3 Å². The molecule has 0 saturated carbocycles. The van der Waals surface area contributed by atoms with E-state index in [2.05, 4.69) is 11.0 Å². The van der Waals surface area contributed by atoms with E-state index in [9.17, 15) is 17.6 Å². The van der Waals surface area contributed by atoms with Crippen molar-refractivity contribution in [2.24, 2.45) is 0 Å². The van der Waals surface area contributed by atoms with E-state index in [-0.39, 0.29) is 10.8 Å². The van der Waals surface area contributed by atoms with Gasteiger partial charge in [-0.05, 0) is 67.4 Å². The lowest BCUT2D eigenvalue weighted by atomic mass is 9.99. The molecule has 3 heterocycles. The zero-order valence-electron chi connectivity index (χ0n) is 18.0. The van der Waals surface area contributed by atoms with Gasteiger partial charge in [0.2, 0.25) is 5.91 Å². The molecule has 0 bridgehead atoms. The van der Waals surface area contributed by atoms with Crippen molar-refractivity contribution in [1.29, 1.82) is 0 Å². The Kier molecular flexibility index (Phi) is 4.94. The molecule has 0 fully saturated rings. The van der Waals surface area contributed by atoms with Gasteiger partial charge >= 0.3 is 0 Å². The average molecular weight is 454 g/mol. The third-order valence-electron chi connectivity index (χ3n) is 6.37. The van der Waals surface area contributed by atoms with Gasteiger partial charge in [-0.1, -0.05) is 6.08 Å². The Morgan fingerprint density at radius 1 is 1.06 bits per heavy atom. The molecule has 166 valence electrons. The maximum Gasteiger partial charge on any atom is 0.268 e. The predicted molar refractivity (Wildman–Crippen MR) is 123 cm³/mol. The summed E-state index contributed by atoms with van der Waals surface area (Å²) in [6.45, 7) is 3.68. The van der Waals surface area contributed by atoms with E-state index in [0.29, 0.717) is 23.9 Å². The summed E-state index contributed by atoms with van der Waals surface area (Å²) >= 11 is 0. The van der Waals surface area contributed by atoms with Crippen molar-refractivity contribution >= 4 is 38.1 Å². The van der Waals surface area contributed by atoms with Gasteiger partial charge in [0.05, 0.1) is 10.4 Å². The number of fused-ring (bicyclic) bond motifs is 2. The maximum absolute atomic E-state index is 14.1. The third-order valence-corrected chi connectivity index (χ3v) is 8.04. The molecule has 0 atom stereocenters. The maximum atomic E-state index is 14.1. The first-order valence-corrected chi connectivity index (χ1v) is 12.0. The Hall–Kier alpha value is -2.97. The second-order valence-corrected chi connectivity index (χ2v) is 10.3. The first kappa shape index (κ1) is 20.9. The standard InChI is InChI=1S/C24H24FN3O3S/c1-16(29)27-12-9-18-13-20(4-6-23(18)27)32(30,31)28-15-22(17-7-10-26(2)11-8-17)21-14-19(25)3-5-24(21)28/h3-7,13-15H,8-12H2,1-2H3. The van der Waals surface area contributed by atoms with Gasteiger partial charge in [0.25, 0.3) is 10.0 Å². The van der Waals surface area contributed by atoms with Crippen LogP contribution in [0.1, 0.15) is 24.5 Å². The SMILES string of the molecule is CC(=O)N1CCc2cc(S(=O)(=O)n3cc(C4=CCN(C)CC4)c4cc(F)ccc43)ccc21. The summed E-state index contributed by atoms with van der Waals surface area (Å²) in [5.41, 5.74) is 3.82. The number of hydrogen-bond acceptors (Lipinski definition) is 4. The van der Waals surface area contributed by atoms with Crippen molar-refractivity contribution in [2.75, 3.05) is 31.6 Å². The highest BCUT2D eigenvalue weighted by Crippen LogP contribution is 2.35. The minimum atomic E-state index is -3.91. The van der Waals surface area contributed by atoms with Crippen molar-refractivity contribution < 1.29 is 17.6 Å². The number of carbonyl (C=O) groups is 1. The second kappa shape index (κ2) is 7.56. The predicted octanol–water partition coefficient (Wildman–Crippen LogP) is 3.65. The van der Waals surface area contributed by atoms with Gasteiger partial charge in [-0.3, -0.25) is 4.79 Å². The van der Waals surface area contributed by atoms with Gasteiger partial charge in [0, 0.05) is 49.4 Å². The molecule has 32 heavy (non-hydrogen) atoms. The Balaban J connectivity index is 1.64. The monoisotopic (exact) mass is 453 g/mol. The fraction of sp³-hybridized carbons (Fsp3) is 0.292. The molecule has 0 N–H and O–H groups in total. The van der Waals surface area contributed by atoms with Crippen LogP contribution in [0.5, 0.6) is 0 Å². The van der Waals surface area contributed by atoms with Gasteiger partial charge < -0.3 is 9.80 Å². The van der Waals surface area contributed by atoms with E-state index in [0.717, 1.165) is 41.9 Å². The Morgan fingerprint density at radius 2 is 1.88 bits per heavy atom. The number of hydrogen-bond donors (Lipinski definition) is 0. The number of likely N-dealkylation sites (N-methyl/N-ethyl adjacent to an activating group) is 1. The Labute approximate surface area is 186 Å². The molecular weight excluding hydrogens is 429 g/mol. The first-order valence-electron chi connectivity index (χ1n) is 10.6. The number of benzene rings is 2. The number of nitrogens with zero attached hydrogens (tertiary/aromatic N) is 3. The van der Waals surface area contributed by atoms with Crippen molar-refractivity contribution in [1.82, 2.24) is 8.87 Å². The summed E-state index contributed by atoms with van der Waals surface area (Å²) < 4.78 is 42.7. The molecule has 0 spiro atoms. The lowest BCUT2D eigenvalue weighted by molar-refractivity contribution is -0.116. The van der Waals surface area contributed by atoms with E-state index < -0.39 is 15.8 Å². The number of aromatic nitrogens is 1. The van der Waals surface area contributed by atoms with Crippen molar-refractivity contribution in [3.63, 3.8) is 0 Å². The lowest BCUT2D eigenvalue weighted by Gasteiger charge is -2.21. The van der Waals surface area contributed by atoms with Crippen LogP contribution < -0.4 is 4.90 Å². The van der Waals surface area contributed by atoms with Crippen molar-refractivity contribution in [3.05, 3.63) is 65.6 Å². The largest absolute Gasteiger partial charge is 0.312 e. The van der Waals surface area contributed by atoms with Crippen LogP contribution in [0.15, 0.2) is 53.6 Å². The van der Waals surface area contributed by atoms with Gasteiger partial charge in [0.1, 0.15) is 5.82 Å². The van der Waals surface area contributed by atoms with Crippen LogP contribution in [-0.4, -0.2) is 49.9 Å². The summed E-state index contributed by atoms with van der Waals surface area (Å²) in [6, 6.07) is 9.10. The van der Waals surface area contributed by atoms with Crippen LogP contribution in [0, 0.1) is 5.82 Å². The minimum absolute atomic E-state index is 0.0613. The zero-order valence-corrected chi connectivity index (χ0v) is 18.8. The molecule has 0 unspecified atom stereocenters. The molecule has 2 aliphatic rings. The summed E-state index contributed by atoms with van der Waals surface area (Å²) in [6.07, 6.45) is 5.07. The molecule has 2 aromatic carbocycles. The summed E-state index contributed by atoms with van der Waals surface area (Å²) in [5, 5.41) is 0.591. The van der Waals surface area contributed by atoms with E-state index in [1.807, 2.05) is 7.05 Å². The number of carbonyl (C=O) groups excluding carboxylic acids is 1. The third kappa shape index (κ3) is 3.34. The van der Waals surface area contributed by atoms with Crippen LogP contribution in [0.3, 0.4) is 0 Å². The van der Waals surface area contributed by atoms with E-state index in [4.69, 9.17) is 0 Å². The Morgan fingerprint density at radius 3 is 2.59 bits per heavy atom. The smallest absolute Gasteiger partial charge is 0.268 e. The van der Waals surface area contributed by atoms with Gasteiger partial charge in [0.15, 0.2) is 0 Å². The van der Waals surface area contributed by atoms with Crippen LogP contribution in [-0.2, 0) is 21.2 Å². The minimum Gasteiger partial charge on any atom is -0.312 e. The lowest BCUT2D eigenvalue weighted by Crippen LogP contribution is -2.25. The Bertz CT molecular complexity index is 1390. The van der Waals surface area contributed by atoms with Crippen molar-refractivity contribution in [3.8, 4) is 0 Å². The number of halogens is 1. The number of rotatable bonds is 3. The van der Waals surface area contributed by atoms with Gasteiger partial charge in [-0.15, -0.1) is 0 Å². The van der Waals surface area contributed by atoms with Gasteiger partial charge in [-0.25, -0.2) is 16.8 Å². The van der Waals surface area contributed by atoms with E-state index in [1.165, 1.54) is 29.1 Å². The molecule has 3 aromatic rings. The molecule has 6 nitrogen and oxygen atoms in total. The topological polar surface area (TPSA) is 62.6 Å². The van der Waals surface area contributed by atoms with Crippen LogP contribution in [0.4, 0.5) is 10.1 Å². The highest BCUT2D eigenvalue weighted by Gasteiger charge is 2.27. The van der Waals surface area contributed by atoms with Crippen LogP contribution in [0.25, 0.3) is 16.5 Å². The zero-order chi connectivity index (χ0) is 22.6. The summed E-state index contributed by atoms with van der Waals surface area (Å²) in [7, 11) is -1.88. The highest BCUT2D eigenvalue weighted by molar-refractivity contribution is 7.90. The van der Waals surface area contributed by atoms with Gasteiger partial charge in [-0.2, -0.15) is 0 Å². The second-order valence-electron chi connectivity index (χ2n) is 8.46. The number of amides is 1. The molecule has 8 heteroatoms.